The summed E-state index contributed by atoms with van der Waals surface area (Å²) in [4.78, 5) is 28.6. The first-order valence-corrected chi connectivity index (χ1v) is 12.7. The second-order valence-electron chi connectivity index (χ2n) is 9.16. The van der Waals surface area contributed by atoms with E-state index in [2.05, 4.69) is 5.32 Å². The van der Waals surface area contributed by atoms with Crippen LogP contribution in [0.5, 0.6) is 5.75 Å². The van der Waals surface area contributed by atoms with Gasteiger partial charge in [0.05, 0.1) is 0 Å². The number of hydrogen-bond acceptors (Lipinski definition) is 3. The van der Waals surface area contributed by atoms with Gasteiger partial charge in [0, 0.05) is 24.5 Å². The van der Waals surface area contributed by atoms with Gasteiger partial charge in [-0.2, -0.15) is 0 Å². The Morgan fingerprint density at radius 1 is 0.944 bits per heavy atom. The molecule has 0 aliphatic carbocycles. The molecule has 3 aromatic carbocycles. The van der Waals surface area contributed by atoms with Crippen molar-refractivity contribution < 1.29 is 14.3 Å². The minimum absolute atomic E-state index is 0.167. The Balaban J connectivity index is 1.90. The van der Waals surface area contributed by atoms with Crippen molar-refractivity contribution in [1.82, 2.24) is 10.2 Å². The Bertz CT molecular complexity index is 1140. The van der Waals surface area contributed by atoms with Crippen molar-refractivity contribution >= 4 is 23.4 Å². The number of halogens is 1. The Labute approximate surface area is 219 Å². The molecule has 5 nitrogen and oxygen atoms in total. The third-order valence-corrected chi connectivity index (χ3v) is 6.66. The maximum Gasteiger partial charge on any atom is 0.261 e. The number of hydrogen-bond donors (Lipinski definition) is 1. The number of ether oxygens (including phenoxy) is 1. The van der Waals surface area contributed by atoms with E-state index in [0.717, 1.165) is 34.2 Å². The van der Waals surface area contributed by atoms with Gasteiger partial charge in [-0.15, -0.1) is 0 Å². The summed E-state index contributed by atoms with van der Waals surface area (Å²) >= 11 is 6.28. The molecular formula is C30H35ClN2O3. The molecule has 1 atom stereocenters. The summed E-state index contributed by atoms with van der Waals surface area (Å²) in [5, 5.41) is 3.67. The Morgan fingerprint density at radius 3 is 2.19 bits per heavy atom. The number of benzene rings is 3. The van der Waals surface area contributed by atoms with Crippen molar-refractivity contribution in [2.24, 2.45) is 0 Å². The van der Waals surface area contributed by atoms with Gasteiger partial charge in [0.1, 0.15) is 11.8 Å². The molecule has 0 fully saturated rings. The molecule has 2 amide bonds. The number of amides is 2. The summed E-state index contributed by atoms with van der Waals surface area (Å²) in [7, 11) is 0. The molecule has 6 heteroatoms. The van der Waals surface area contributed by atoms with E-state index in [4.69, 9.17) is 16.3 Å². The average molecular weight is 507 g/mol. The molecular weight excluding hydrogens is 472 g/mol. The predicted molar refractivity (Wildman–Crippen MR) is 145 cm³/mol. The quantitative estimate of drug-likeness (QED) is 0.357. The average Bonchev–Trinajstić information content (AvgIpc) is 2.88. The molecule has 0 aliphatic heterocycles. The summed E-state index contributed by atoms with van der Waals surface area (Å²) in [6, 6.07) is 20.7. The second-order valence-corrected chi connectivity index (χ2v) is 9.54. The monoisotopic (exact) mass is 506 g/mol. The third kappa shape index (κ3) is 7.59. The van der Waals surface area contributed by atoms with Crippen molar-refractivity contribution in [3.05, 3.63) is 99.6 Å². The fourth-order valence-corrected chi connectivity index (χ4v) is 4.14. The number of carbonyl (C=O) groups is 2. The minimum atomic E-state index is -0.676. The van der Waals surface area contributed by atoms with Crippen LogP contribution in [0.1, 0.15) is 41.2 Å². The van der Waals surface area contributed by atoms with E-state index < -0.39 is 6.04 Å². The van der Waals surface area contributed by atoms with Crippen molar-refractivity contribution in [1.29, 1.82) is 0 Å². The Hall–Kier alpha value is -3.31. The van der Waals surface area contributed by atoms with E-state index in [0.29, 0.717) is 30.3 Å². The van der Waals surface area contributed by atoms with Crippen LogP contribution in [0.25, 0.3) is 0 Å². The first kappa shape index (κ1) is 27.3. The van der Waals surface area contributed by atoms with E-state index in [9.17, 15) is 9.59 Å². The van der Waals surface area contributed by atoms with Gasteiger partial charge in [0.15, 0.2) is 6.61 Å². The van der Waals surface area contributed by atoms with Crippen LogP contribution in [0.3, 0.4) is 0 Å². The fraction of sp³-hybridized carbons (Fsp3) is 0.333. The van der Waals surface area contributed by atoms with E-state index in [1.165, 1.54) is 0 Å². The zero-order valence-corrected chi connectivity index (χ0v) is 22.3. The lowest BCUT2D eigenvalue weighted by Crippen LogP contribution is -2.51. The van der Waals surface area contributed by atoms with Crippen LogP contribution in [0.2, 0.25) is 5.02 Å². The standard InChI is InChI=1S/C30H35ClN2O3/c1-5-15-32-30(35)27(18-24-9-7-6-8-10-24)33(19-25-13-11-21(2)12-14-25)28(34)20-36-26-16-22(3)29(31)23(4)17-26/h6-14,16-17,27H,5,15,18-20H2,1-4H3,(H,32,35)/t27-/m0/s1. The van der Waals surface area contributed by atoms with Gasteiger partial charge in [-0.25, -0.2) is 0 Å². The first-order chi connectivity index (χ1) is 17.3. The van der Waals surface area contributed by atoms with Gasteiger partial charge >= 0.3 is 0 Å². The summed E-state index contributed by atoms with van der Waals surface area (Å²) in [6.45, 7) is 8.51. The topological polar surface area (TPSA) is 58.6 Å². The highest BCUT2D eigenvalue weighted by molar-refractivity contribution is 6.32. The Morgan fingerprint density at radius 2 is 1.58 bits per heavy atom. The molecule has 0 bridgehead atoms. The van der Waals surface area contributed by atoms with Crippen molar-refractivity contribution in [2.45, 2.75) is 53.1 Å². The molecule has 0 saturated heterocycles. The molecule has 0 unspecified atom stereocenters. The van der Waals surface area contributed by atoms with Crippen LogP contribution in [0.4, 0.5) is 0 Å². The Kier molecular flexibility index (Phi) is 9.95. The molecule has 0 aromatic heterocycles. The molecule has 0 spiro atoms. The number of aryl methyl sites for hydroxylation is 3. The maximum atomic E-state index is 13.6. The zero-order chi connectivity index (χ0) is 26.1. The first-order valence-electron chi connectivity index (χ1n) is 12.3. The summed E-state index contributed by atoms with van der Waals surface area (Å²) in [6.07, 6.45) is 1.22. The molecule has 3 aromatic rings. The number of nitrogens with one attached hydrogen (secondary N) is 1. The molecule has 3 rings (SSSR count). The van der Waals surface area contributed by atoms with Gasteiger partial charge in [-0.3, -0.25) is 9.59 Å². The van der Waals surface area contributed by atoms with Gasteiger partial charge in [-0.1, -0.05) is 78.7 Å². The molecule has 190 valence electrons. The van der Waals surface area contributed by atoms with E-state index >= 15 is 0 Å². The fourth-order valence-electron chi connectivity index (χ4n) is 4.03. The zero-order valence-electron chi connectivity index (χ0n) is 21.5. The van der Waals surface area contributed by atoms with E-state index in [1.54, 1.807) is 4.90 Å². The smallest absolute Gasteiger partial charge is 0.261 e. The lowest BCUT2D eigenvalue weighted by Gasteiger charge is -2.31. The highest BCUT2D eigenvalue weighted by Gasteiger charge is 2.30. The molecule has 0 radical (unpaired) electrons. The van der Waals surface area contributed by atoms with Gasteiger partial charge < -0.3 is 15.0 Å². The molecule has 0 saturated carbocycles. The predicted octanol–water partition coefficient (Wildman–Crippen LogP) is 5.81. The SMILES string of the molecule is CCCNC(=O)[C@H](Cc1ccccc1)N(Cc1ccc(C)cc1)C(=O)COc1cc(C)c(Cl)c(C)c1. The van der Waals surface area contributed by atoms with Gasteiger partial charge in [-0.05, 0) is 61.6 Å². The molecule has 36 heavy (non-hydrogen) atoms. The summed E-state index contributed by atoms with van der Waals surface area (Å²) in [5.74, 6) is 0.154. The van der Waals surface area contributed by atoms with Crippen LogP contribution in [0.15, 0.2) is 66.7 Å². The van der Waals surface area contributed by atoms with Crippen LogP contribution in [0, 0.1) is 20.8 Å². The maximum absolute atomic E-state index is 13.6. The largest absolute Gasteiger partial charge is 0.484 e. The number of rotatable bonds is 11. The molecule has 1 N–H and O–H groups in total. The lowest BCUT2D eigenvalue weighted by atomic mass is 10.0. The van der Waals surface area contributed by atoms with Gasteiger partial charge in [0.25, 0.3) is 5.91 Å². The van der Waals surface area contributed by atoms with Crippen LogP contribution in [-0.4, -0.2) is 35.9 Å². The second kappa shape index (κ2) is 13.1. The number of carbonyl (C=O) groups excluding carboxylic acids is 2. The molecule has 0 heterocycles. The summed E-state index contributed by atoms with van der Waals surface area (Å²) < 4.78 is 5.90. The highest BCUT2D eigenvalue weighted by atomic mass is 35.5. The van der Waals surface area contributed by atoms with Crippen LogP contribution < -0.4 is 10.1 Å². The lowest BCUT2D eigenvalue weighted by molar-refractivity contribution is -0.142. The van der Waals surface area contributed by atoms with Crippen LogP contribution in [-0.2, 0) is 22.6 Å². The van der Waals surface area contributed by atoms with Crippen LogP contribution >= 0.6 is 11.6 Å². The highest BCUT2D eigenvalue weighted by Crippen LogP contribution is 2.26. The third-order valence-electron chi connectivity index (χ3n) is 6.07. The summed E-state index contributed by atoms with van der Waals surface area (Å²) in [5.41, 5.74) is 4.84. The minimum Gasteiger partial charge on any atom is -0.484 e. The normalized spacial score (nSPS) is 11.6. The van der Waals surface area contributed by atoms with E-state index in [1.807, 2.05) is 94.4 Å². The van der Waals surface area contributed by atoms with Crippen molar-refractivity contribution in [3.63, 3.8) is 0 Å². The van der Waals surface area contributed by atoms with E-state index in [-0.39, 0.29) is 18.4 Å². The molecule has 0 aliphatic rings. The van der Waals surface area contributed by atoms with Crippen molar-refractivity contribution in [2.75, 3.05) is 13.2 Å². The van der Waals surface area contributed by atoms with Gasteiger partial charge in [0.2, 0.25) is 5.91 Å². The van der Waals surface area contributed by atoms with Crippen molar-refractivity contribution in [3.8, 4) is 5.75 Å². The number of nitrogens with zero attached hydrogens (tertiary/aromatic N) is 1.